The maximum Gasteiger partial charge on any atom is 0.122 e. The second kappa shape index (κ2) is 8.11. The van der Waals surface area contributed by atoms with Crippen molar-refractivity contribution in [3.63, 3.8) is 0 Å². The quantitative estimate of drug-likeness (QED) is 0.694. The van der Waals surface area contributed by atoms with Gasteiger partial charge in [0, 0.05) is 0 Å². The molecule has 0 saturated heterocycles. The van der Waals surface area contributed by atoms with Gasteiger partial charge < -0.3 is 15.8 Å². The van der Waals surface area contributed by atoms with Crippen molar-refractivity contribution in [3.05, 3.63) is 29.8 Å². The van der Waals surface area contributed by atoms with Crippen molar-refractivity contribution >= 4 is 0 Å². The molecule has 0 radical (unpaired) electrons. The molecule has 1 aromatic carbocycles. The highest BCUT2D eigenvalue weighted by Gasteiger charge is 2.10. The summed E-state index contributed by atoms with van der Waals surface area (Å²) in [6.45, 7) is 7.14. The zero-order valence-corrected chi connectivity index (χ0v) is 11.8. The monoisotopic (exact) mass is 250 g/mol. The van der Waals surface area contributed by atoms with Crippen LogP contribution in [0.5, 0.6) is 5.75 Å². The molecule has 0 aliphatic rings. The van der Waals surface area contributed by atoms with Crippen LogP contribution in [0.15, 0.2) is 24.3 Å². The van der Waals surface area contributed by atoms with Crippen molar-refractivity contribution in [1.82, 2.24) is 5.32 Å². The molecule has 1 rings (SSSR count). The SMILES string of the molecule is COc1ccccc1CCNCC(CN)C(C)C. The largest absolute Gasteiger partial charge is 0.496 e. The number of rotatable bonds is 8. The zero-order chi connectivity index (χ0) is 13.4. The molecule has 0 heterocycles. The molecular weight excluding hydrogens is 224 g/mol. The molecule has 0 spiro atoms. The van der Waals surface area contributed by atoms with Gasteiger partial charge in [-0.1, -0.05) is 32.0 Å². The minimum absolute atomic E-state index is 0.558. The maximum atomic E-state index is 5.75. The van der Waals surface area contributed by atoms with Gasteiger partial charge in [0.25, 0.3) is 0 Å². The van der Waals surface area contributed by atoms with Crippen LogP contribution in [-0.2, 0) is 6.42 Å². The number of nitrogens with one attached hydrogen (secondary N) is 1. The second-order valence-corrected chi connectivity index (χ2v) is 5.01. The first-order valence-electron chi connectivity index (χ1n) is 6.71. The predicted molar refractivity (Wildman–Crippen MR) is 77.0 cm³/mol. The third kappa shape index (κ3) is 4.67. The van der Waals surface area contributed by atoms with Crippen LogP contribution in [0, 0.1) is 11.8 Å². The van der Waals surface area contributed by atoms with Crippen molar-refractivity contribution < 1.29 is 4.74 Å². The molecule has 18 heavy (non-hydrogen) atoms. The molecule has 0 aliphatic carbocycles. The molecule has 0 aromatic heterocycles. The van der Waals surface area contributed by atoms with Crippen LogP contribution in [-0.4, -0.2) is 26.7 Å². The Bertz CT molecular complexity index is 339. The highest BCUT2D eigenvalue weighted by Crippen LogP contribution is 2.17. The van der Waals surface area contributed by atoms with E-state index in [9.17, 15) is 0 Å². The zero-order valence-electron chi connectivity index (χ0n) is 11.8. The van der Waals surface area contributed by atoms with Crippen LogP contribution in [0.3, 0.4) is 0 Å². The van der Waals surface area contributed by atoms with Gasteiger partial charge in [-0.2, -0.15) is 0 Å². The molecule has 0 bridgehead atoms. The van der Waals surface area contributed by atoms with Crippen molar-refractivity contribution in [2.24, 2.45) is 17.6 Å². The summed E-state index contributed by atoms with van der Waals surface area (Å²) in [7, 11) is 1.72. The molecule has 0 saturated carbocycles. The van der Waals surface area contributed by atoms with Gasteiger partial charge in [0.1, 0.15) is 5.75 Å². The molecule has 0 aliphatic heterocycles. The van der Waals surface area contributed by atoms with Crippen LogP contribution in [0.2, 0.25) is 0 Å². The van der Waals surface area contributed by atoms with E-state index in [-0.39, 0.29) is 0 Å². The molecule has 1 atom stereocenters. The second-order valence-electron chi connectivity index (χ2n) is 5.01. The van der Waals surface area contributed by atoms with Crippen LogP contribution in [0.25, 0.3) is 0 Å². The average Bonchev–Trinajstić information content (AvgIpc) is 2.38. The van der Waals surface area contributed by atoms with Crippen LogP contribution in [0.1, 0.15) is 19.4 Å². The summed E-state index contributed by atoms with van der Waals surface area (Å²) in [4.78, 5) is 0. The minimum atomic E-state index is 0.558. The lowest BCUT2D eigenvalue weighted by atomic mass is 9.96. The fourth-order valence-corrected chi connectivity index (χ4v) is 2.01. The summed E-state index contributed by atoms with van der Waals surface area (Å²) in [5.41, 5.74) is 7.00. The Morgan fingerprint density at radius 1 is 1.28 bits per heavy atom. The summed E-state index contributed by atoms with van der Waals surface area (Å²) >= 11 is 0. The number of nitrogens with two attached hydrogens (primary N) is 1. The van der Waals surface area contributed by atoms with Gasteiger partial charge >= 0.3 is 0 Å². The number of para-hydroxylation sites is 1. The standard InChI is InChI=1S/C15H26N2O/c1-12(2)14(10-16)11-17-9-8-13-6-4-5-7-15(13)18-3/h4-7,12,14,17H,8-11,16H2,1-3H3. The lowest BCUT2D eigenvalue weighted by molar-refractivity contribution is 0.371. The molecule has 1 aromatic rings. The maximum absolute atomic E-state index is 5.75. The summed E-state index contributed by atoms with van der Waals surface area (Å²) < 4.78 is 5.34. The van der Waals surface area contributed by atoms with Crippen molar-refractivity contribution in [2.75, 3.05) is 26.7 Å². The van der Waals surface area contributed by atoms with Crippen molar-refractivity contribution in [2.45, 2.75) is 20.3 Å². The highest BCUT2D eigenvalue weighted by atomic mass is 16.5. The Balaban J connectivity index is 2.33. The van der Waals surface area contributed by atoms with E-state index in [0.29, 0.717) is 11.8 Å². The van der Waals surface area contributed by atoms with Crippen molar-refractivity contribution in [3.8, 4) is 5.75 Å². The first-order valence-corrected chi connectivity index (χ1v) is 6.71. The predicted octanol–water partition coefficient (Wildman–Crippen LogP) is 2.06. The van der Waals surface area contributed by atoms with Gasteiger partial charge in [-0.25, -0.2) is 0 Å². The molecule has 3 heteroatoms. The number of methoxy groups -OCH3 is 1. The Labute approximate surface area is 111 Å². The molecule has 1 unspecified atom stereocenters. The Hall–Kier alpha value is -1.06. The normalized spacial score (nSPS) is 12.7. The van der Waals surface area contributed by atoms with Gasteiger partial charge in [0.15, 0.2) is 0 Å². The topological polar surface area (TPSA) is 47.3 Å². The summed E-state index contributed by atoms with van der Waals surface area (Å²) in [5, 5.41) is 3.48. The third-order valence-corrected chi connectivity index (χ3v) is 3.42. The van der Waals surface area contributed by atoms with Gasteiger partial charge in [-0.15, -0.1) is 0 Å². The summed E-state index contributed by atoms with van der Waals surface area (Å²) in [6.07, 6.45) is 0.986. The summed E-state index contributed by atoms with van der Waals surface area (Å²) in [6, 6.07) is 8.17. The lowest BCUT2D eigenvalue weighted by Crippen LogP contribution is -2.32. The van der Waals surface area contributed by atoms with Crippen LogP contribution < -0.4 is 15.8 Å². The number of hydrogen-bond acceptors (Lipinski definition) is 3. The fraction of sp³-hybridized carbons (Fsp3) is 0.600. The van der Waals surface area contributed by atoms with Gasteiger partial charge in [-0.05, 0) is 49.5 Å². The number of ether oxygens (including phenoxy) is 1. The molecular formula is C15H26N2O. The number of hydrogen-bond donors (Lipinski definition) is 2. The first-order chi connectivity index (χ1) is 8.69. The number of benzene rings is 1. The molecule has 0 amide bonds. The lowest BCUT2D eigenvalue weighted by Gasteiger charge is -2.19. The van der Waals surface area contributed by atoms with E-state index in [1.165, 1.54) is 5.56 Å². The van der Waals surface area contributed by atoms with Crippen molar-refractivity contribution in [1.29, 1.82) is 0 Å². The van der Waals surface area contributed by atoms with E-state index < -0.39 is 0 Å². The molecule has 102 valence electrons. The van der Waals surface area contributed by atoms with Gasteiger partial charge in [0.05, 0.1) is 7.11 Å². The molecule has 3 N–H and O–H groups in total. The highest BCUT2D eigenvalue weighted by molar-refractivity contribution is 5.33. The Kier molecular flexibility index (Phi) is 6.76. The minimum Gasteiger partial charge on any atom is -0.496 e. The average molecular weight is 250 g/mol. The van der Waals surface area contributed by atoms with Crippen LogP contribution in [0.4, 0.5) is 0 Å². The van der Waals surface area contributed by atoms with Gasteiger partial charge in [-0.3, -0.25) is 0 Å². The van der Waals surface area contributed by atoms with E-state index >= 15 is 0 Å². The summed E-state index contributed by atoms with van der Waals surface area (Å²) in [5.74, 6) is 2.16. The van der Waals surface area contributed by atoms with E-state index in [1.807, 2.05) is 12.1 Å². The molecule has 0 fully saturated rings. The fourth-order valence-electron chi connectivity index (χ4n) is 2.01. The van der Waals surface area contributed by atoms with E-state index in [4.69, 9.17) is 10.5 Å². The third-order valence-electron chi connectivity index (χ3n) is 3.42. The first kappa shape index (κ1) is 15.0. The van der Waals surface area contributed by atoms with Gasteiger partial charge in [0.2, 0.25) is 0 Å². The van der Waals surface area contributed by atoms with E-state index in [1.54, 1.807) is 7.11 Å². The smallest absolute Gasteiger partial charge is 0.122 e. The van der Waals surface area contributed by atoms with Crippen LogP contribution >= 0.6 is 0 Å². The Morgan fingerprint density at radius 3 is 2.61 bits per heavy atom. The Morgan fingerprint density at radius 2 is 2.00 bits per heavy atom. The van der Waals surface area contributed by atoms with E-state index in [2.05, 4.69) is 31.3 Å². The molecule has 3 nitrogen and oxygen atoms in total. The van der Waals surface area contributed by atoms with E-state index in [0.717, 1.165) is 31.8 Å².